The summed E-state index contributed by atoms with van der Waals surface area (Å²) in [5.74, 6) is 7.78. The Kier molecular flexibility index (Phi) is 4.38. The maximum atomic E-state index is 6.07. The Morgan fingerprint density at radius 2 is 1.80 bits per heavy atom. The molecule has 20 heavy (non-hydrogen) atoms. The van der Waals surface area contributed by atoms with Gasteiger partial charge in [-0.3, -0.25) is 0 Å². The SMILES string of the molecule is CCCSc1nnc(-c2ccc(C(C)(C)C)cc2)n1N. The average Bonchev–Trinajstić information content (AvgIpc) is 2.77. The van der Waals surface area contributed by atoms with Crippen LogP contribution >= 0.6 is 11.8 Å². The number of aromatic nitrogens is 3. The van der Waals surface area contributed by atoms with Crippen LogP contribution in [0.4, 0.5) is 0 Å². The minimum absolute atomic E-state index is 0.150. The maximum absolute atomic E-state index is 6.07. The van der Waals surface area contributed by atoms with E-state index in [2.05, 4.69) is 62.2 Å². The van der Waals surface area contributed by atoms with E-state index in [1.165, 1.54) is 5.56 Å². The van der Waals surface area contributed by atoms with Crippen LogP contribution in [-0.4, -0.2) is 20.6 Å². The summed E-state index contributed by atoms with van der Waals surface area (Å²) in [5.41, 5.74) is 2.44. The summed E-state index contributed by atoms with van der Waals surface area (Å²) >= 11 is 1.63. The standard InChI is InChI=1S/C15H22N4S/c1-5-10-20-14-18-17-13(19(14)16)11-6-8-12(9-7-11)15(2,3)4/h6-9H,5,10,16H2,1-4H3. The molecule has 0 amide bonds. The third-order valence-electron chi connectivity index (χ3n) is 3.11. The highest BCUT2D eigenvalue weighted by molar-refractivity contribution is 7.99. The van der Waals surface area contributed by atoms with E-state index in [1.807, 2.05) is 0 Å². The Labute approximate surface area is 124 Å². The van der Waals surface area contributed by atoms with Crippen molar-refractivity contribution in [2.75, 3.05) is 11.6 Å². The van der Waals surface area contributed by atoms with Crippen LogP contribution < -0.4 is 5.84 Å². The van der Waals surface area contributed by atoms with Gasteiger partial charge in [-0.2, -0.15) is 0 Å². The van der Waals surface area contributed by atoms with Crippen LogP contribution in [0.5, 0.6) is 0 Å². The average molecular weight is 290 g/mol. The Balaban J connectivity index is 2.26. The van der Waals surface area contributed by atoms with Gasteiger partial charge in [0, 0.05) is 11.3 Å². The van der Waals surface area contributed by atoms with Gasteiger partial charge in [-0.1, -0.05) is 63.7 Å². The molecule has 0 aliphatic rings. The summed E-state index contributed by atoms with van der Waals surface area (Å²) in [6.07, 6.45) is 1.09. The molecule has 0 spiro atoms. The van der Waals surface area contributed by atoms with E-state index in [4.69, 9.17) is 5.84 Å². The molecule has 0 unspecified atom stereocenters. The molecule has 0 bridgehead atoms. The molecule has 1 aromatic carbocycles. The number of benzene rings is 1. The van der Waals surface area contributed by atoms with Gasteiger partial charge in [0.15, 0.2) is 5.82 Å². The molecule has 4 nitrogen and oxygen atoms in total. The van der Waals surface area contributed by atoms with Crippen molar-refractivity contribution in [2.45, 2.75) is 44.7 Å². The molecule has 2 N–H and O–H groups in total. The molecule has 5 heteroatoms. The molecule has 0 atom stereocenters. The number of nitrogen functional groups attached to an aromatic ring is 1. The largest absolute Gasteiger partial charge is 0.335 e. The van der Waals surface area contributed by atoms with E-state index in [0.29, 0.717) is 5.82 Å². The van der Waals surface area contributed by atoms with Crippen molar-refractivity contribution in [2.24, 2.45) is 0 Å². The van der Waals surface area contributed by atoms with E-state index in [9.17, 15) is 0 Å². The van der Waals surface area contributed by atoms with E-state index in [0.717, 1.165) is 22.9 Å². The van der Waals surface area contributed by atoms with Crippen LogP contribution in [-0.2, 0) is 5.41 Å². The van der Waals surface area contributed by atoms with Crippen LogP contribution in [0, 0.1) is 0 Å². The summed E-state index contributed by atoms with van der Waals surface area (Å²) in [6.45, 7) is 8.74. The first kappa shape index (κ1) is 14.9. The van der Waals surface area contributed by atoms with Crippen LogP contribution in [0.1, 0.15) is 39.7 Å². The lowest BCUT2D eigenvalue weighted by Crippen LogP contribution is -2.12. The number of nitrogens with two attached hydrogens (primary N) is 1. The molecule has 2 rings (SSSR count). The fourth-order valence-corrected chi connectivity index (χ4v) is 2.60. The van der Waals surface area contributed by atoms with Gasteiger partial charge in [-0.05, 0) is 17.4 Å². The number of rotatable bonds is 4. The van der Waals surface area contributed by atoms with Crippen molar-refractivity contribution in [1.82, 2.24) is 14.9 Å². The van der Waals surface area contributed by atoms with Gasteiger partial charge < -0.3 is 5.84 Å². The summed E-state index contributed by atoms with van der Waals surface area (Å²) in [6, 6.07) is 8.37. The smallest absolute Gasteiger partial charge is 0.210 e. The first-order valence-corrected chi connectivity index (χ1v) is 7.86. The number of nitrogens with zero attached hydrogens (tertiary/aromatic N) is 3. The minimum atomic E-state index is 0.150. The van der Waals surface area contributed by atoms with Crippen molar-refractivity contribution in [3.63, 3.8) is 0 Å². The zero-order chi connectivity index (χ0) is 14.8. The second-order valence-electron chi connectivity index (χ2n) is 5.85. The number of hydrogen-bond acceptors (Lipinski definition) is 4. The highest BCUT2D eigenvalue weighted by Gasteiger charge is 2.15. The molecule has 0 saturated heterocycles. The highest BCUT2D eigenvalue weighted by Crippen LogP contribution is 2.26. The predicted octanol–water partition coefficient (Wildman–Crippen LogP) is 3.46. The maximum Gasteiger partial charge on any atom is 0.210 e. The normalized spacial score (nSPS) is 11.8. The van der Waals surface area contributed by atoms with Gasteiger partial charge in [0.25, 0.3) is 0 Å². The van der Waals surface area contributed by atoms with E-state index < -0.39 is 0 Å². The van der Waals surface area contributed by atoms with Gasteiger partial charge in [-0.25, -0.2) is 4.68 Å². The third-order valence-corrected chi connectivity index (χ3v) is 4.26. The van der Waals surface area contributed by atoms with Crippen LogP contribution in [0.3, 0.4) is 0 Å². The Bertz CT molecular complexity index is 567. The number of thioether (sulfide) groups is 1. The summed E-state index contributed by atoms with van der Waals surface area (Å²) < 4.78 is 1.58. The van der Waals surface area contributed by atoms with E-state index in [1.54, 1.807) is 16.4 Å². The lowest BCUT2D eigenvalue weighted by atomic mass is 9.87. The van der Waals surface area contributed by atoms with E-state index in [-0.39, 0.29) is 5.41 Å². The van der Waals surface area contributed by atoms with Crippen LogP contribution in [0.15, 0.2) is 29.4 Å². The quantitative estimate of drug-likeness (QED) is 0.692. The summed E-state index contributed by atoms with van der Waals surface area (Å²) in [5, 5.41) is 9.12. The van der Waals surface area contributed by atoms with Gasteiger partial charge in [0.2, 0.25) is 5.16 Å². The topological polar surface area (TPSA) is 56.7 Å². The fourth-order valence-electron chi connectivity index (χ4n) is 1.88. The molecule has 0 aliphatic heterocycles. The summed E-state index contributed by atoms with van der Waals surface area (Å²) in [4.78, 5) is 0. The van der Waals surface area contributed by atoms with Gasteiger partial charge >= 0.3 is 0 Å². The lowest BCUT2D eigenvalue weighted by molar-refractivity contribution is 0.590. The van der Waals surface area contributed by atoms with Crippen molar-refractivity contribution >= 4 is 11.8 Å². The number of hydrogen-bond donors (Lipinski definition) is 1. The van der Waals surface area contributed by atoms with Crippen LogP contribution in [0.25, 0.3) is 11.4 Å². The third kappa shape index (κ3) is 3.15. The Morgan fingerprint density at radius 3 is 2.35 bits per heavy atom. The fraction of sp³-hybridized carbons (Fsp3) is 0.467. The van der Waals surface area contributed by atoms with Gasteiger partial charge in [-0.15, -0.1) is 10.2 Å². The predicted molar refractivity (Wildman–Crippen MR) is 85.3 cm³/mol. The second-order valence-corrected chi connectivity index (χ2v) is 6.91. The first-order chi connectivity index (χ1) is 9.43. The monoisotopic (exact) mass is 290 g/mol. The molecule has 0 radical (unpaired) electrons. The van der Waals surface area contributed by atoms with E-state index >= 15 is 0 Å². The van der Waals surface area contributed by atoms with Crippen molar-refractivity contribution < 1.29 is 0 Å². The van der Waals surface area contributed by atoms with Gasteiger partial charge in [0.1, 0.15) is 0 Å². The molecule has 0 aliphatic carbocycles. The zero-order valence-electron chi connectivity index (χ0n) is 12.6. The molecule has 0 saturated carbocycles. The highest BCUT2D eigenvalue weighted by atomic mass is 32.2. The Hall–Kier alpha value is -1.49. The zero-order valence-corrected chi connectivity index (χ0v) is 13.4. The molecule has 1 heterocycles. The molecule has 2 aromatic rings. The molecular formula is C15H22N4S. The first-order valence-electron chi connectivity index (χ1n) is 6.87. The van der Waals surface area contributed by atoms with Gasteiger partial charge in [0.05, 0.1) is 0 Å². The van der Waals surface area contributed by atoms with Crippen molar-refractivity contribution in [1.29, 1.82) is 0 Å². The lowest BCUT2D eigenvalue weighted by Gasteiger charge is -2.19. The second kappa shape index (κ2) is 5.87. The molecule has 0 fully saturated rings. The molecule has 108 valence electrons. The molecule has 1 aromatic heterocycles. The Morgan fingerprint density at radius 1 is 1.15 bits per heavy atom. The molecular weight excluding hydrogens is 268 g/mol. The summed E-state index contributed by atoms with van der Waals surface area (Å²) in [7, 11) is 0. The van der Waals surface area contributed by atoms with Crippen molar-refractivity contribution in [3.8, 4) is 11.4 Å². The van der Waals surface area contributed by atoms with Crippen LogP contribution in [0.2, 0.25) is 0 Å². The van der Waals surface area contributed by atoms with Crippen molar-refractivity contribution in [3.05, 3.63) is 29.8 Å². The minimum Gasteiger partial charge on any atom is -0.335 e.